The largest absolute Gasteiger partial charge is 0.493 e. The van der Waals surface area contributed by atoms with Crippen molar-refractivity contribution >= 4 is 5.91 Å². The highest BCUT2D eigenvalue weighted by atomic mass is 16.5. The maximum absolute atomic E-state index is 13.2. The molecule has 4 rings (SSSR count). The molecule has 0 aliphatic heterocycles. The van der Waals surface area contributed by atoms with Gasteiger partial charge < -0.3 is 20.5 Å². The molecule has 1 aromatic heterocycles. The number of hydrogen-bond donors (Lipinski definition) is 2. The van der Waals surface area contributed by atoms with E-state index in [0.717, 1.165) is 48.4 Å². The molecule has 0 bridgehead atoms. The van der Waals surface area contributed by atoms with Crippen molar-refractivity contribution in [2.45, 2.75) is 84.3 Å². The highest BCUT2D eigenvalue weighted by molar-refractivity contribution is 5.80. The van der Waals surface area contributed by atoms with E-state index in [9.17, 15) is 4.79 Å². The van der Waals surface area contributed by atoms with E-state index in [4.69, 9.17) is 15.2 Å². The van der Waals surface area contributed by atoms with Crippen LogP contribution in [0.4, 0.5) is 0 Å². The minimum atomic E-state index is -0.409. The molecule has 1 atom stereocenters. The molecule has 0 unspecified atom stereocenters. The molecule has 1 fully saturated rings. The van der Waals surface area contributed by atoms with E-state index in [1.54, 1.807) is 4.68 Å². The van der Waals surface area contributed by atoms with Gasteiger partial charge in [0.05, 0.1) is 12.8 Å². The third-order valence-corrected chi connectivity index (χ3v) is 7.79. The first-order chi connectivity index (χ1) is 20.0. The lowest BCUT2D eigenvalue weighted by atomic mass is 9.89. The lowest BCUT2D eigenvalue weighted by Crippen LogP contribution is -2.36. The van der Waals surface area contributed by atoms with Crippen LogP contribution in [0.3, 0.4) is 0 Å². The Hall–Kier alpha value is -3.39. The van der Waals surface area contributed by atoms with Crippen LogP contribution in [0.25, 0.3) is 11.1 Å². The second-order valence-electron chi connectivity index (χ2n) is 11.6. The number of carbonyl (C=O) groups is 1. The number of amides is 1. The summed E-state index contributed by atoms with van der Waals surface area (Å²) in [5, 5.41) is 11.9. The van der Waals surface area contributed by atoms with E-state index < -0.39 is 6.04 Å². The minimum Gasteiger partial charge on any atom is -0.493 e. The summed E-state index contributed by atoms with van der Waals surface area (Å²) in [6.07, 6.45) is 11.4. The summed E-state index contributed by atoms with van der Waals surface area (Å²) in [7, 11) is 0. The fourth-order valence-electron chi connectivity index (χ4n) is 5.34. The summed E-state index contributed by atoms with van der Waals surface area (Å²) in [5.41, 5.74) is 8.35. The van der Waals surface area contributed by atoms with Crippen LogP contribution in [-0.4, -0.2) is 40.6 Å². The first-order valence-electron chi connectivity index (χ1n) is 15.4. The zero-order valence-corrected chi connectivity index (χ0v) is 24.8. The zero-order valence-electron chi connectivity index (χ0n) is 24.8. The Bertz CT molecular complexity index is 1200. The van der Waals surface area contributed by atoms with Crippen molar-refractivity contribution in [1.82, 2.24) is 20.3 Å². The number of nitrogens with two attached hydrogens (primary N) is 1. The molecular formula is C33H47N5O3. The number of rotatable bonds is 16. The lowest BCUT2D eigenvalue weighted by molar-refractivity contribution is -0.125. The van der Waals surface area contributed by atoms with Crippen LogP contribution in [-0.2, 0) is 11.4 Å². The number of ether oxygens (including phenoxy) is 2. The molecule has 1 heterocycles. The highest BCUT2D eigenvalue weighted by Crippen LogP contribution is 2.36. The van der Waals surface area contributed by atoms with Crippen LogP contribution < -0.4 is 20.5 Å². The summed E-state index contributed by atoms with van der Waals surface area (Å²) in [6, 6.07) is 15.6. The van der Waals surface area contributed by atoms with Crippen LogP contribution in [0.2, 0.25) is 0 Å². The van der Waals surface area contributed by atoms with Crippen molar-refractivity contribution in [2.75, 3.05) is 19.7 Å². The molecule has 8 nitrogen and oxygen atoms in total. The number of carbonyl (C=O) groups excluding carboxylic acids is 1. The van der Waals surface area contributed by atoms with Gasteiger partial charge in [0.25, 0.3) is 0 Å². The maximum atomic E-state index is 13.2. The van der Waals surface area contributed by atoms with E-state index in [1.165, 1.54) is 32.1 Å². The molecule has 3 aromatic rings. The summed E-state index contributed by atoms with van der Waals surface area (Å²) in [5.74, 6) is 2.74. The van der Waals surface area contributed by atoms with Gasteiger partial charge in [-0.1, -0.05) is 74.7 Å². The molecule has 3 N–H and O–H groups in total. The molecule has 41 heavy (non-hydrogen) atoms. The SMILES string of the molecule is CC(C)CCOc1ccccc1-c1ccccc1OCc1cn([C@H](CCCCN)C(=O)NCC2CCCCC2)nn1. The quantitative estimate of drug-likeness (QED) is 0.199. The van der Waals surface area contributed by atoms with Crippen LogP contribution in [0, 0.1) is 11.8 Å². The summed E-state index contributed by atoms with van der Waals surface area (Å²) in [6.45, 7) is 6.64. The number of aromatic nitrogens is 3. The van der Waals surface area contributed by atoms with Crippen molar-refractivity contribution in [3.05, 3.63) is 60.4 Å². The standard InChI is InChI=1S/C33H47N5O3/c1-25(2)19-21-40-31-17-8-6-14-28(31)29-15-7-9-18-32(29)41-24-27-23-38(37-36-27)30(16-10-11-20-34)33(39)35-22-26-12-4-3-5-13-26/h6-9,14-15,17-18,23,25-26,30H,3-5,10-13,16,19-22,24,34H2,1-2H3,(H,35,39)/t30-/m1/s1. The second-order valence-corrected chi connectivity index (χ2v) is 11.6. The predicted octanol–water partition coefficient (Wildman–Crippen LogP) is 6.32. The van der Waals surface area contributed by atoms with Crippen molar-refractivity contribution in [3.63, 3.8) is 0 Å². The molecule has 1 aliphatic rings. The van der Waals surface area contributed by atoms with Crippen LogP contribution >= 0.6 is 0 Å². The number of benzene rings is 2. The van der Waals surface area contributed by atoms with Gasteiger partial charge in [0.2, 0.25) is 5.91 Å². The number of nitrogens with zero attached hydrogens (tertiary/aromatic N) is 3. The molecule has 0 spiro atoms. The van der Waals surface area contributed by atoms with Gasteiger partial charge in [-0.05, 0) is 69.0 Å². The fraction of sp³-hybridized carbons (Fsp3) is 0.545. The summed E-state index contributed by atoms with van der Waals surface area (Å²) >= 11 is 0. The first-order valence-corrected chi connectivity index (χ1v) is 15.4. The van der Waals surface area contributed by atoms with E-state index in [0.29, 0.717) is 37.1 Å². The molecule has 1 aliphatic carbocycles. The van der Waals surface area contributed by atoms with Crippen molar-refractivity contribution in [3.8, 4) is 22.6 Å². The second kappa shape index (κ2) is 16.2. The Morgan fingerprint density at radius 2 is 1.66 bits per heavy atom. The number of hydrogen-bond acceptors (Lipinski definition) is 6. The van der Waals surface area contributed by atoms with Gasteiger partial charge in [0.1, 0.15) is 29.8 Å². The van der Waals surface area contributed by atoms with Gasteiger partial charge in [0, 0.05) is 17.7 Å². The van der Waals surface area contributed by atoms with Gasteiger partial charge in [-0.2, -0.15) is 0 Å². The summed E-state index contributed by atoms with van der Waals surface area (Å²) in [4.78, 5) is 13.2. The molecule has 8 heteroatoms. The molecule has 222 valence electrons. The lowest BCUT2D eigenvalue weighted by Gasteiger charge is -2.23. The molecule has 2 aromatic carbocycles. The van der Waals surface area contributed by atoms with Gasteiger partial charge in [0.15, 0.2) is 0 Å². The molecule has 0 saturated heterocycles. The third kappa shape index (κ3) is 9.32. The molecule has 1 saturated carbocycles. The Balaban J connectivity index is 1.42. The molecular weight excluding hydrogens is 514 g/mol. The monoisotopic (exact) mass is 561 g/mol. The molecule has 1 amide bonds. The van der Waals surface area contributed by atoms with Crippen LogP contribution in [0.15, 0.2) is 54.7 Å². The number of para-hydroxylation sites is 2. The van der Waals surface area contributed by atoms with Crippen molar-refractivity contribution in [2.24, 2.45) is 17.6 Å². The Kier molecular flexibility index (Phi) is 12.0. The topological polar surface area (TPSA) is 104 Å². The summed E-state index contributed by atoms with van der Waals surface area (Å²) < 4.78 is 14.1. The van der Waals surface area contributed by atoms with Crippen LogP contribution in [0.5, 0.6) is 11.5 Å². The normalized spacial score (nSPS) is 14.6. The first kappa shape index (κ1) is 30.6. The smallest absolute Gasteiger partial charge is 0.244 e. The van der Waals surface area contributed by atoms with E-state index in [-0.39, 0.29) is 12.5 Å². The van der Waals surface area contributed by atoms with Gasteiger partial charge >= 0.3 is 0 Å². The predicted molar refractivity (Wildman–Crippen MR) is 163 cm³/mol. The Morgan fingerprint density at radius 1 is 0.976 bits per heavy atom. The van der Waals surface area contributed by atoms with Crippen LogP contribution in [0.1, 0.15) is 83.4 Å². The van der Waals surface area contributed by atoms with E-state index in [2.05, 4.69) is 35.5 Å². The fourth-order valence-corrected chi connectivity index (χ4v) is 5.34. The zero-order chi connectivity index (χ0) is 28.9. The van der Waals surface area contributed by atoms with Gasteiger partial charge in [-0.25, -0.2) is 4.68 Å². The van der Waals surface area contributed by atoms with E-state index in [1.807, 2.05) is 48.7 Å². The number of unbranched alkanes of at least 4 members (excludes halogenated alkanes) is 1. The van der Waals surface area contributed by atoms with E-state index >= 15 is 0 Å². The highest BCUT2D eigenvalue weighted by Gasteiger charge is 2.23. The Labute approximate surface area is 245 Å². The Morgan fingerprint density at radius 3 is 2.34 bits per heavy atom. The number of nitrogens with one attached hydrogen (secondary N) is 1. The third-order valence-electron chi connectivity index (χ3n) is 7.79. The minimum absolute atomic E-state index is 0.00406. The van der Waals surface area contributed by atoms with Gasteiger partial charge in [-0.15, -0.1) is 5.10 Å². The van der Waals surface area contributed by atoms with Crippen molar-refractivity contribution in [1.29, 1.82) is 0 Å². The van der Waals surface area contributed by atoms with Gasteiger partial charge in [-0.3, -0.25) is 4.79 Å². The average Bonchev–Trinajstić information content (AvgIpc) is 3.46. The average molecular weight is 562 g/mol. The van der Waals surface area contributed by atoms with Crippen molar-refractivity contribution < 1.29 is 14.3 Å². The molecule has 0 radical (unpaired) electrons. The maximum Gasteiger partial charge on any atom is 0.244 e.